The number of carbonyl (C=O) groups is 1. The molecule has 2 rings (SSSR count). The largest absolute Gasteiger partial charge is 0.334 e. The number of amides is 2. The Morgan fingerprint density at radius 2 is 1.86 bits per heavy atom. The van der Waals surface area contributed by atoms with E-state index in [-0.39, 0.29) is 6.03 Å². The van der Waals surface area contributed by atoms with Crippen molar-refractivity contribution in [1.29, 1.82) is 0 Å². The van der Waals surface area contributed by atoms with Crippen LogP contribution in [0, 0.1) is 6.92 Å². The van der Waals surface area contributed by atoms with Gasteiger partial charge in [-0.1, -0.05) is 61.8 Å². The van der Waals surface area contributed by atoms with Crippen molar-refractivity contribution in [2.75, 3.05) is 5.32 Å². The molecule has 0 aliphatic heterocycles. The minimum Gasteiger partial charge on any atom is -0.334 e. The highest BCUT2D eigenvalue weighted by Gasteiger charge is 2.12. The molecule has 116 valence electrons. The van der Waals surface area contributed by atoms with E-state index in [9.17, 15) is 4.79 Å². The number of hydrogen-bond acceptors (Lipinski definition) is 1. The molecule has 2 N–H and O–H groups in total. The molecule has 0 heterocycles. The lowest BCUT2D eigenvalue weighted by Gasteiger charge is -2.17. The number of anilines is 1. The zero-order valence-corrected chi connectivity index (χ0v) is 13.9. The summed E-state index contributed by atoms with van der Waals surface area (Å²) in [5.41, 5.74) is 3.97. The summed E-state index contributed by atoms with van der Waals surface area (Å²) in [4.78, 5) is 12.2. The zero-order chi connectivity index (χ0) is 16.1. The van der Waals surface area contributed by atoms with E-state index in [0.717, 1.165) is 22.4 Å². The SMILES string of the molecule is Cc1cccc(C(C)C)c1NC(=O)NCc1ccccc1Cl. The zero-order valence-electron chi connectivity index (χ0n) is 13.1. The van der Waals surface area contributed by atoms with Crippen molar-refractivity contribution in [3.63, 3.8) is 0 Å². The molecule has 0 spiro atoms. The molecule has 0 unspecified atom stereocenters. The van der Waals surface area contributed by atoms with Gasteiger partial charge >= 0.3 is 6.03 Å². The second-order valence-corrected chi connectivity index (χ2v) is 6.00. The van der Waals surface area contributed by atoms with Gasteiger partial charge in [0.1, 0.15) is 0 Å². The molecule has 3 nitrogen and oxygen atoms in total. The molecule has 2 amide bonds. The molecular weight excluding hydrogens is 296 g/mol. The predicted octanol–water partition coefficient (Wildman–Crippen LogP) is 5.09. The molecule has 4 heteroatoms. The fraction of sp³-hybridized carbons (Fsp3) is 0.278. The number of benzene rings is 2. The summed E-state index contributed by atoms with van der Waals surface area (Å²) in [5, 5.41) is 6.46. The van der Waals surface area contributed by atoms with Gasteiger partial charge in [0.2, 0.25) is 0 Å². The van der Waals surface area contributed by atoms with Crippen molar-refractivity contribution in [3.05, 3.63) is 64.2 Å². The summed E-state index contributed by atoms with van der Waals surface area (Å²) in [7, 11) is 0. The van der Waals surface area contributed by atoms with Crippen molar-refractivity contribution in [2.24, 2.45) is 0 Å². The van der Waals surface area contributed by atoms with E-state index in [2.05, 4.69) is 24.5 Å². The number of para-hydroxylation sites is 1. The number of rotatable bonds is 4. The molecule has 0 aromatic heterocycles. The molecular formula is C18H21ClN2O. The van der Waals surface area contributed by atoms with E-state index in [1.54, 1.807) is 0 Å². The van der Waals surface area contributed by atoms with Gasteiger partial charge in [-0.25, -0.2) is 4.79 Å². The number of carbonyl (C=O) groups excluding carboxylic acids is 1. The summed E-state index contributed by atoms with van der Waals surface area (Å²) in [6, 6.07) is 13.3. The van der Waals surface area contributed by atoms with Crippen LogP contribution in [-0.2, 0) is 6.54 Å². The number of halogens is 1. The maximum atomic E-state index is 12.2. The van der Waals surface area contributed by atoms with E-state index >= 15 is 0 Å². The predicted molar refractivity (Wildman–Crippen MR) is 92.6 cm³/mol. The molecule has 22 heavy (non-hydrogen) atoms. The highest BCUT2D eigenvalue weighted by atomic mass is 35.5. The summed E-state index contributed by atoms with van der Waals surface area (Å²) >= 11 is 6.09. The lowest BCUT2D eigenvalue weighted by atomic mass is 9.98. The third-order valence-electron chi connectivity index (χ3n) is 3.56. The second kappa shape index (κ2) is 7.32. The summed E-state index contributed by atoms with van der Waals surface area (Å²) < 4.78 is 0. The first kappa shape index (κ1) is 16.4. The van der Waals surface area contributed by atoms with Crippen LogP contribution in [0.25, 0.3) is 0 Å². The molecule has 0 radical (unpaired) electrons. The Morgan fingerprint density at radius 3 is 2.55 bits per heavy atom. The molecule has 2 aromatic carbocycles. The minimum atomic E-state index is -0.226. The van der Waals surface area contributed by atoms with Crippen molar-refractivity contribution in [1.82, 2.24) is 5.32 Å². The van der Waals surface area contributed by atoms with Gasteiger partial charge in [-0.05, 0) is 35.6 Å². The van der Waals surface area contributed by atoms with Crippen molar-refractivity contribution in [3.8, 4) is 0 Å². The lowest BCUT2D eigenvalue weighted by Crippen LogP contribution is -2.29. The summed E-state index contributed by atoms with van der Waals surface area (Å²) in [5.74, 6) is 0.346. The number of hydrogen-bond donors (Lipinski definition) is 2. The number of urea groups is 1. The molecule has 0 aliphatic rings. The average Bonchev–Trinajstić information content (AvgIpc) is 2.48. The van der Waals surface area contributed by atoms with E-state index in [0.29, 0.717) is 17.5 Å². The van der Waals surface area contributed by atoms with Crippen LogP contribution in [0.5, 0.6) is 0 Å². The fourth-order valence-corrected chi connectivity index (χ4v) is 2.52. The smallest absolute Gasteiger partial charge is 0.319 e. The van der Waals surface area contributed by atoms with Crippen LogP contribution in [0.1, 0.15) is 36.5 Å². The van der Waals surface area contributed by atoms with Crippen LogP contribution in [0.3, 0.4) is 0 Å². The van der Waals surface area contributed by atoms with Gasteiger partial charge in [0.15, 0.2) is 0 Å². The second-order valence-electron chi connectivity index (χ2n) is 5.59. The Kier molecular flexibility index (Phi) is 5.45. The average molecular weight is 317 g/mol. The Morgan fingerprint density at radius 1 is 1.14 bits per heavy atom. The molecule has 0 atom stereocenters. The van der Waals surface area contributed by atoms with Gasteiger partial charge in [0.05, 0.1) is 0 Å². The van der Waals surface area contributed by atoms with Gasteiger partial charge in [0.25, 0.3) is 0 Å². The summed E-state index contributed by atoms with van der Waals surface area (Å²) in [6.45, 7) is 6.62. The lowest BCUT2D eigenvalue weighted by molar-refractivity contribution is 0.251. The Balaban J connectivity index is 2.05. The normalized spacial score (nSPS) is 10.6. The molecule has 0 saturated heterocycles. The number of aryl methyl sites for hydroxylation is 1. The minimum absolute atomic E-state index is 0.226. The van der Waals surface area contributed by atoms with Crippen LogP contribution >= 0.6 is 11.6 Å². The molecule has 0 fully saturated rings. The van der Waals surface area contributed by atoms with E-state index in [4.69, 9.17) is 11.6 Å². The highest BCUT2D eigenvalue weighted by molar-refractivity contribution is 6.31. The maximum Gasteiger partial charge on any atom is 0.319 e. The van der Waals surface area contributed by atoms with Gasteiger partial charge in [-0.2, -0.15) is 0 Å². The van der Waals surface area contributed by atoms with E-state index < -0.39 is 0 Å². The van der Waals surface area contributed by atoms with Crippen LogP contribution < -0.4 is 10.6 Å². The van der Waals surface area contributed by atoms with E-state index in [1.807, 2.05) is 49.4 Å². The first-order chi connectivity index (χ1) is 10.5. The van der Waals surface area contributed by atoms with Gasteiger partial charge < -0.3 is 10.6 Å². The monoisotopic (exact) mass is 316 g/mol. The van der Waals surface area contributed by atoms with Crippen molar-refractivity contribution < 1.29 is 4.79 Å². The topological polar surface area (TPSA) is 41.1 Å². The maximum absolute atomic E-state index is 12.2. The van der Waals surface area contributed by atoms with Crippen LogP contribution in [-0.4, -0.2) is 6.03 Å². The Hall–Kier alpha value is -2.00. The number of nitrogens with one attached hydrogen (secondary N) is 2. The van der Waals surface area contributed by atoms with Gasteiger partial charge in [-0.15, -0.1) is 0 Å². The van der Waals surface area contributed by atoms with Gasteiger partial charge in [0, 0.05) is 17.3 Å². The van der Waals surface area contributed by atoms with E-state index in [1.165, 1.54) is 0 Å². The quantitative estimate of drug-likeness (QED) is 0.810. The summed E-state index contributed by atoms with van der Waals surface area (Å²) in [6.07, 6.45) is 0. The molecule has 0 aliphatic carbocycles. The van der Waals surface area contributed by atoms with Crippen LogP contribution in [0.2, 0.25) is 5.02 Å². The first-order valence-corrected chi connectivity index (χ1v) is 7.74. The fourth-order valence-electron chi connectivity index (χ4n) is 2.32. The van der Waals surface area contributed by atoms with Crippen molar-refractivity contribution in [2.45, 2.75) is 33.2 Å². The standard InChI is InChI=1S/C18H21ClN2O/c1-12(2)15-9-6-7-13(3)17(15)21-18(22)20-11-14-8-4-5-10-16(14)19/h4-10,12H,11H2,1-3H3,(H2,20,21,22). The third-order valence-corrected chi connectivity index (χ3v) is 3.93. The van der Waals surface area contributed by atoms with Gasteiger partial charge in [-0.3, -0.25) is 0 Å². The molecule has 2 aromatic rings. The van der Waals surface area contributed by atoms with Crippen LogP contribution in [0.4, 0.5) is 10.5 Å². The third kappa shape index (κ3) is 4.01. The highest BCUT2D eigenvalue weighted by Crippen LogP contribution is 2.27. The van der Waals surface area contributed by atoms with Crippen LogP contribution in [0.15, 0.2) is 42.5 Å². The Bertz CT molecular complexity index is 668. The Labute approximate surface area is 136 Å². The van der Waals surface area contributed by atoms with Crippen molar-refractivity contribution >= 4 is 23.3 Å². The molecule has 0 saturated carbocycles. The first-order valence-electron chi connectivity index (χ1n) is 7.36. The molecule has 0 bridgehead atoms.